The molecule has 1 saturated heterocycles. The lowest BCUT2D eigenvalue weighted by atomic mass is 9.90. The summed E-state index contributed by atoms with van der Waals surface area (Å²) in [6, 6.07) is 20.2. The van der Waals surface area contributed by atoms with Gasteiger partial charge in [0.1, 0.15) is 17.1 Å². The van der Waals surface area contributed by atoms with Gasteiger partial charge in [-0.3, -0.25) is 14.5 Å². The van der Waals surface area contributed by atoms with Gasteiger partial charge in [-0.15, -0.1) is 0 Å². The Bertz CT molecular complexity index is 1720. The van der Waals surface area contributed by atoms with Crippen LogP contribution >= 0.6 is 0 Å². The predicted octanol–water partition coefficient (Wildman–Crippen LogP) is 5.39. The number of morpholine rings is 1. The Labute approximate surface area is 272 Å². The van der Waals surface area contributed by atoms with Crippen LogP contribution in [0.4, 0.5) is 4.39 Å². The third-order valence-electron chi connectivity index (χ3n) is 8.62. The number of carbonyl (C=O) groups excluding carboxylic acids is 2. The molecule has 2 aliphatic rings. The molecule has 244 valence electrons. The molecule has 2 heterocycles. The number of hydrogen-bond donors (Lipinski definition) is 4. The molecule has 11 heteroatoms. The molecule has 0 spiro atoms. The smallest absolute Gasteiger partial charge is 0.257 e. The number of aromatic hydroxyl groups is 2. The van der Waals surface area contributed by atoms with Crippen molar-refractivity contribution in [2.75, 3.05) is 26.3 Å². The fraction of sp³-hybridized carbons (Fsp3) is 0.306. The van der Waals surface area contributed by atoms with E-state index in [1.165, 1.54) is 6.07 Å². The number of amides is 2. The van der Waals surface area contributed by atoms with Crippen LogP contribution < -0.4 is 15.4 Å². The van der Waals surface area contributed by atoms with E-state index >= 15 is 0 Å². The van der Waals surface area contributed by atoms with Gasteiger partial charge in [-0.1, -0.05) is 48.5 Å². The summed E-state index contributed by atoms with van der Waals surface area (Å²) in [4.78, 5) is 32.5. The molecular formula is C36H37FN4O6. The second-order valence-electron chi connectivity index (χ2n) is 11.8. The third-order valence-corrected chi connectivity index (χ3v) is 8.62. The summed E-state index contributed by atoms with van der Waals surface area (Å²) in [6.45, 7) is 3.03. The topological polar surface area (TPSA) is 133 Å². The van der Waals surface area contributed by atoms with Crippen molar-refractivity contribution in [3.63, 3.8) is 0 Å². The monoisotopic (exact) mass is 640 g/mol. The summed E-state index contributed by atoms with van der Waals surface area (Å²) >= 11 is 0. The van der Waals surface area contributed by atoms with Crippen LogP contribution in [-0.4, -0.2) is 70.3 Å². The molecule has 4 aromatic rings. The van der Waals surface area contributed by atoms with Gasteiger partial charge in [-0.05, 0) is 61.1 Å². The lowest BCUT2D eigenvalue weighted by molar-refractivity contribution is 0.0339. The van der Waals surface area contributed by atoms with E-state index in [1.807, 2.05) is 36.4 Å². The van der Waals surface area contributed by atoms with E-state index in [9.17, 15) is 24.2 Å². The Morgan fingerprint density at radius 3 is 2.17 bits per heavy atom. The first-order valence-corrected chi connectivity index (χ1v) is 15.8. The SMILES string of the molecule is O=C(NC1CCC(NC(=O)c2cc(F)cnc2Oc2c(O)ccc(-c3ccccc3)c2CN2CCOCC2)CC1)c1ccccc1O. The summed E-state index contributed by atoms with van der Waals surface area (Å²) in [5.74, 6) is -1.80. The van der Waals surface area contributed by atoms with Gasteiger partial charge in [0.15, 0.2) is 11.5 Å². The second-order valence-corrected chi connectivity index (χ2v) is 11.8. The summed E-state index contributed by atoms with van der Waals surface area (Å²) in [7, 11) is 0. The van der Waals surface area contributed by atoms with Crippen molar-refractivity contribution in [1.82, 2.24) is 20.5 Å². The lowest BCUT2D eigenvalue weighted by Gasteiger charge is -2.30. The number of nitrogens with zero attached hydrogens (tertiary/aromatic N) is 2. The Morgan fingerprint density at radius 1 is 0.851 bits per heavy atom. The first kappa shape index (κ1) is 32.0. The van der Waals surface area contributed by atoms with Crippen molar-refractivity contribution in [2.45, 2.75) is 44.3 Å². The number of halogens is 1. The molecule has 1 aromatic heterocycles. The van der Waals surface area contributed by atoms with Crippen molar-refractivity contribution in [2.24, 2.45) is 0 Å². The van der Waals surface area contributed by atoms with Gasteiger partial charge in [0.2, 0.25) is 5.88 Å². The van der Waals surface area contributed by atoms with E-state index < -0.39 is 11.7 Å². The molecule has 2 amide bonds. The van der Waals surface area contributed by atoms with Gasteiger partial charge < -0.3 is 30.3 Å². The number of hydrogen-bond acceptors (Lipinski definition) is 8. The summed E-state index contributed by atoms with van der Waals surface area (Å²) in [5.41, 5.74) is 2.60. The molecule has 47 heavy (non-hydrogen) atoms. The molecule has 10 nitrogen and oxygen atoms in total. The number of nitrogens with one attached hydrogen (secondary N) is 2. The van der Waals surface area contributed by atoms with Crippen molar-refractivity contribution in [3.8, 4) is 34.3 Å². The van der Waals surface area contributed by atoms with Gasteiger partial charge in [0, 0.05) is 37.3 Å². The molecule has 6 rings (SSSR count). The molecule has 0 atom stereocenters. The van der Waals surface area contributed by atoms with E-state index in [0.29, 0.717) is 64.1 Å². The minimum atomic E-state index is -0.700. The van der Waals surface area contributed by atoms with Gasteiger partial charge in [-0.2, -0.15) is 0 Å². The highest BCUT2D eigenvalue weighted by Gasteiger charge is 2.28. The number of phenolic OH excluding ortho intramolecular Hbond substituents is 2. The summed E-state index contributed by atoms with van der Waals surface area (Å²) in [6.07, 6.45) is 3.37. The Balaban J connectivity index is 1.19. The summed E-state index contributed by atoms with van der Waals surface area (Å²) < 4.78 is 26.3. The van der Waals surface area contributed by atoms with Crippen molar-refractivity contribution in [1.29, 1.82) is 0 Å². The highest BCUT2D eigenvalue weighted by Crippen LogP contribution is 2.41. The Kier molecular flexibility index (Phi) is 9.94. The quantitative estimate of drug-likeness (QED) is 0.191. The third kappa shape index (κ3) is 7.70. The van der Waals surface area contributed by atoms with Crippen LogP contribution in [-0.2, 0) is 11.3 Å². The van der Waals surface area contributed by atoms with Gasteiger partial charge >= 0.3 is 0 Å². The van der Waals surface area contributed by atoms with Gasteiger partial charge in [-0.25, -0.2) is 9.37 Å². The first-order valence-electron chi connectivity index (χ1n) is 15.8. The molecular weight excluding hydrogens is 603 g/mol. The maximum absolute atomic E-state index is 14.5. The number of carbonyl (C=O) groups is 2. The summed E-state index contributed by atoms with van der Waals surface area (Å²) in [5, 5.41) is 27.0. The average Bonchev–Trinajstić information content (AvgIpc) is 3.09. The first-order chi connectivity index (χ1) is 22.9. The molecule has 1 saturated carbocycles. The second kappa shape index (κ2) is 14.6. The highest BCUT2D eigenvalue weighted by molar-refractivity contribution is 5.97. The van der Waals surface area contributed by atoms with Crippen LogP contribution in [0.2, 0.25) is 0 Å². The molecule has 0 unspecified atom stereocenters. The average molecular weight is 641 g/mol. The van der Waals surface area contributed by atoms with Crippen LogP contribution in [0.15, 0.2) is 79.0 Å². The number of aromatic nitrogens is 1. The van der Waals surface area contributed by atoms with Gasteiger partial charge in [0.05, 0.1) is 25.0 Å². The number of benzene rings is 3. The zero-order valence-electron chi connectivity index (χ0n) is 25.8. The van der Waals surface area contributed by atoms with Gasteiger partial charge in [0.25, 0.3) is 11.8 Å². The van der Waals surface area contributed by atoms with Crippen LogP contribution in [0, 0.1) is 5.82 Å². The minimum absolute atomic E-state index is 0.0824. The van der Waals surface area contributed by atoms with Crippen LogP contribution in [0.1, 0.15) is 52.0 Å². The minimum Gasteiger partial charge on any atom is -0.507 e. The van der Waals surface area contributed by atoms with Crippen LogP contribution in [0.5, 0.6) is 23.1 Å². The molecule has 2 fully saturated rings. The number of para-hydroxylation sites is 1. The zero-order valence-corrected chi connectivity index (χ0v) is 25.8. The zero-order chi connectivity index (χ0) is 32.8. The number of pyridine rings is 1. The van der Waals surface area contributed by atoms with E-state index in [-0.39, 0.29) is 52.2 Å². The largest absolute Gasteiger partial charge is 0.507 e. The fourth-order valence-corrected chi connectivity index (χ4v) is 6.10. The molecule has 0 radical (unpaired) electrons. The number of ether oxygens (including phenoxy) is 2. The molecule has 4 N–H and O–H groups in total. The van der Waals surface area contributed by atoms with E-state index in [1.54, 1.807) is 24.3 Å². The molecule has 0 bridgehead atoms. The fourth-order valence-electron chi connectivity index (χ4n) is 6.10. The number of rotatable bonds is 9. The Morgan fingerprint density at radius 2 is 1.49 bits per heavy atom. The maximum Gasteiger partial charge on any atom is 0.257 e. The maximum atomic E-state index is 14.5. The molecule has 1 aliphatic heterocycles. The molecule has 1 aliphatic carbocycles. The van der Waals surface area contributed by atoms with E-state index in [0.717, 1.165) is 23.4 Å². The highest BCUT2D eigenvalue weighted by atomic mass is 19.1. The van der Waals surface area contributed by atoms with Crippen molar-refractivity contribution < 1.29 is 33.7 Å². The van der Waals surface area contributed by atoms with E-state index in [4.69, 9.17) is 9.47 Å². The van der Waals surface area contributed by atoms with Crippen molar-refractivity contribution >= 4 is 11.8 Å². The Hall–Kier alpha value is -5.00. The normalized spacial score (nSPS) is 18.3. The predicted molar refractivity (Wildman–Crippen MR) is 173 cm³/mol. The molecule has 3 aromatic carbocycles. The van der Waals surface area contributed by atoms with Crippen molar-refractivity contribution in [3.05, 3.63) is 102 Å². The van der Waals surface area contributed by atoms with E-state index in [2.05, 4.69) is 20.5 Å². The standard InChI is InChI=1S/C36H37FN4O6/c37-24-20-29(35(45)40-26-12-10-25(11-13-26)39-34(44)28-8-4-5-9-31(28)42)36(38-21-24)47-33-30(22-41-16-18-46-19-17-41)27(14-15-32(33)43)23-6-2-1-3-7-23/h1-9,14-15,20-21,25-26,42-43H,10-13,16-19,22H2,(H,39,44)(H,40,45). The van der Waals surface area contributed by atoms with Crippen LogP contribution in [0.3, 0.4) is 0 Å². The lowest BCUT2D eigenvalue weighted by Crippen LogP contribution is -2.43. The van der Waals surface area contributed by atoms with Crippen LogP contribution in [0.25, 0.3) is 11.1 Å². The number of phenols is 2.